The number of nitrogens with zero attached hydrogens (tertiary/aromatic N) is 1. The number of hydrogen-bond donors (Lipinski definition) is 1. The Morgan fingerprint density at radius 2 is 1.82 bits per heavy atom. The molecule has 148 valence electrons. The average Bonchev–Trinajstić information content (AvgIpc) is 2.60. The lowest BCUT2D eigenvalue weighted by Crippen LogP contribution is -2.68. The number of nitrogens with one attached hydrogen (secondary N) is 1. The summed E-state index contributed by atoms with van der Waals surface area (Å²) >= 11 is 0. The minimum atomic E-state index is -4.55. The highest BCUT2D eigenvalue weighted by molar-refractivity contribution is 7.90. The van der Waals surface area contributed by atoms with Crippen molar-refractivity contribution in [2.24, 2.45) is 0 Å². The van der Waals surface area contributed by atoms with Crippen LogP contribution in [0.2, 0.25) is 0 Å². The zero-order valence-corrected chi connectivity index (χ0v) is 15.8. The maximum Gasteiger partial charge on any atom is 0.267 e. The van der Waals surface area contributed by atoms with Crippen LogP contribution in [0.15, 0.2) is 53.4 Å². The zero-order valence-electron chi connectivity index (χ0n) is 15.0. The number of halogens is 2. The lowest BCUT2D eigenvalue weighted by atomic mass is 9.85. The molecule has 28 heavy (non-hydrogen) atoms. The molecule has 1 N–H and O–H groups in total. The molecule has 1 saturated heterocycles. The molecule has 0 aliphatic carbocycles. The van der Waals surface area contributed by atoms with E-state index in [0.717, 1.165) is 17.7 Å². The van der Waals surface area contributed by atoms with Gasteiger partial charge in [-0.3, -0.25) is 9.59 Å². The second-order valence-electron chi connectivity index (χ2n) is 6.74. The minimum absolute atomic E-state index is 0.0725. The monoisotopic (exact) mass is 408 g/mol. The third-order valence-electron chi connectivity index (χ3n) is 4.82. The van der Waals surface area contributed by atoms with E-state index in [0.29, 0.717) is 12.6 Å². The molecule has 0 radical (unpaired) electrons. The van der Waals surface area contributed by atoms with Gasteiger partial charge in [0.15, 0.2) is 0 Å². The summed E-state index contributed by atoms with van der Waals surface area (Å²) in [6.45, 7) is 1.76. The largest absolute Gasteiger partial charge is 0.328 e. The molecule has 1 aliphatic heterocycles. The third-order valence-corrected chi connectivity index (χ3v) is 6.18. The summed E-state index contributed by atoms with van der Waals surface area (Å²) < 4.78 is 53.3. The van der Waals surface area contributed by atoms with Gasteiger partial charge in [0, 0.05) is 12.6 Å². The van der Waals surface area contributed by atoms with Gasteiger partial charge in [-0.25, -0.2) is 21.9 Å². The van der Waals surface area contributed by atoms with Crippen molar-refractivity contribution in [1.29, 1.82) is 0 Å². The van der Waals surface area contributed by atoms with E-state index < -0.39 is 38.0 Å². The smallest absolute Gasteiger partial charge is 0.267 e. The second-order valence-corrected chi connectivity index (χ2v) is 8.39. The summed E-state index contributed by atoms with van der Waals surface area (Å²) in [6.07, 6.45) is 0.337. The van der Waals surface area contributed by atoms with Crippen molar-refractivity contribution in [3.8, 4) is 0 Å². The van der Waals surface area contributed by atoms with Crippen LogP contribution in [0.4, 0.5) is 8.78 Å². The summed E-state index contributed by atoms with van der Waals surface area (Å²) in [7, 11) is -4.55. The van der Waals surface area contributed by atoms with Gasteiger partial charge in [0.1, 0.15) is 22.1 Å². The molecular formula is C19H18F2N2O4S. The van der Waals surface area contributed by atoms with Gasteiger partial charge in [0.2, 0.25) is 5.91 Å². The van der Waals surface area contributed by atoms with Crippen LogP contribution in [0, 0.1) is 11.6 Å². The number of amides is 2. The van der Waals surface area contributed by atoms with Crippen molar-refractivity contribution in [3.63, 3.8) is 0 Å². The molecule has 1 atom stereocenters. The topological polar surface area (TPSA) is 83.6 Å². The van der Waals surface area contributed by atoms with Crippen molar-refractivity contribution in [3.05, 3.63) is 65.7 Å². The molecule has 3 rings (SSSR count). The Bertz CT molecular complexity index is 1030. The molecule has 2 aromatic carbocycles. The molecule has 9 heteroatoms. The highest BCUT2D eigenvalue weighted by Crippen LogP contribution is 2.32. The molecule has 1 heterocycles. The Kier molecular flexibility index (Phi) is 5.20. The van der Waals surface area contributed by atoms with Gasteiger partial charge in [-0.2, -0.15) is 0 Å². The summed E-state index contributed by atoms with van der Waals surface area (Å²) in [4.78, 5) is 25.6. The molecule has 2 aromatic rings. The predicted octanol–water partition coefficient (Wildman–Crippen LogP) is 2.00. The van der Waals surface area contributed by atoms with Crippen LogP contribution < -0.4 is 4.72 Å². The molecule has 1 fully saturated rings. The van der Waals surface area contributed by atoms with E-state index in [4.69, 9.17) is 0 Å². The number of carbonyl (C=O) groups excluding carboxylic acids is 2. The lowest BCUT2D eigenvalue weighted by molar-refractivity contribution is -0.156. The van der Waals surface area contributed by atoms with Crippen LogP contribution in [-0.4, -0.2) is 37.2 Å². The van der Waals surface area contributed by atoms with Crippen molar-refractivity contribution < 1.29 is 26.8 Å². The van der Waals surface area contributed by atoms with Gasteiger partial charge in [-0.15, -0.1) is 0 Å². The van der Waals surface area contributed by atoms with Crippen LogP contribution in [0.5, 0.6) is 0 Å². The van der Waals surface area contributed by atoms with E-state index in [-0.39, 0.29) is 18.7 Å². The number of carbonyl (C=O) groups is 2. The molecular weight excluding hydrogens is 390 g/mol. The van der Waals surface area contributed by atoms with Gasteiger partial charge >= 0.3 is 0 Å². The Labute approximate surface area is 161 Å². The number of benzene rings is 2. The van der Waals surface area contributed by atoms with E-state index in [1.165, 1.54) is 11.8 Å². The third kappa shape index (κ3) is 3.75. The molecule has 0 spiro atoms. The van der Waals surface area contributed by atoms with Crippen molar-refractivity contribution in [1.82, 2.24) is 9.62 Å². The van der Waals surface area contributed by atoms with Gasteiger partial charge in [-0.05, 0) is 31.0 Å². The maximum absolute atomic E-state index is 13.8. The predicted molar refractivity (Wildman–Crippen MR) is 96.6 cm³/mol. The molecule has 2 amide bonds. The van der Waals surface area contributed by atoms with Crippen LogP contribution in [0.1, 0.15) is 18.9 Å². The van der Waals surface area contributed by atoms with Crippen LogP contribution >= 0.6 is 0 Å². The first kappa shape index (κ1) is 19.9. The molecule has 0 aromatic heterocycles. The Hall–Kier alpha value is -2.81. The van der Waals surface area contributed by atoms with Gasteiger partial charge in [0.25, 0.3) is 15.9 Å². The number of sulfonamides is 1. The fraction of sp³-hybridized carbons (Fsp3) is 0.263. The summed E-state index contributed by atoms with van der Waals surface area (Å²) in [5.41, 5.74) is -0.599. The lowest BCUT2D eigenvalue weighted by Gasteiger charge is -2.49. The first-order chi connectivity index (χ1) is 13.1. The first-order valence-electron chi connectivity index (χ1n) is 8.50. The molecule has 0 saturated carbocycles. The molecule has 0 bridgehead atoms. The van der Waals surface area contributed by atoms with Crippen molar-refractivity contribution in [2.45, 2.75) is 30.2 Å². The van der Waals surface area contributed by atoms with E-state index in [1.54, 1.807) is 29.0 Å². The number of rotatable bonds is 5. The van der Waals surface area contributed by atoms with Gasteiger partial charge < -0.3 is 4.90 Å². The number of likely N-dealkylation sites (tertiary alicyclic amines) is 1. The van der Waals surface area contributed by atoms with Crippen LogP contribution in [-0.2, 0) is 26.0 Å². The van der Waals surface area contributed by atoms with E-state index in [9.17, 15) is 26.8 Å². The van der Waals surface area contributed by atoms with E-state index in [2.05, 4.69) is 0 Å². The fourth-order valence-corrected chi connectivity index (χ4v) is 4.18. The molecule has 1 unspecified atom stereocenters. The average molecular weight is 408 g/mol. The highest BCUT2D eigenvalue weighted by atomic mass is 32.2. The maximum atomic E-state index is 13.8. The minimum Gasteiger partial charge on any atom is -0.328 e. The molecule has 1 aliphatic rings. The standard InChI is InChI=1S/C19H18F2N2O4S/c1-19(9-10-23(19)17(24)11-13-5-3-2-4-6-13)18(25)22-28(26,27)16-8-7-14(20)12-15(16)21/h2-8,12H,9-11H2,1H3,(H,22,25). The van der Waals surface area contributed by atoms with Crippen molar-refractivity contribution >= 4 is 21.8 Å². The zero-order chi connectivity index (χ0) is 20.5. The normalized spacial score (nSPS) is 19.0. The first-order valence-corrected chi connectivity index (χ1v) is 9.98. The Morgan fingerprint density at radius 1 is 1.14 bits per heavy atom. The fourth-order valence-electron chi connectivity index (χ4n) is 3.04. The van der Waals surface area contributed by atoms with E-state index >= 15 is 0 Å². The van der Waals surface area contributed by atoms with Crippen LogP contribution in [0.25, 0.3) is 0 Å². The molecule has 6 nitrogen and oxygen atoms in total. The Balaban J connectivity index is 1.75. The second kappa shape index (κ2) is 7.31. The Morgan fingerprint density at radius 3 is 2.39 bits per heavy atom. The van der Waals surface area contributed by atoms with E-state index in [1.807, 2.05) is 6.07 Å². The SMILES string of the molecule is CC1(C(=O)NS(=O)(=O)c2ccc(F)cc2F)CCN1C(=O)Cc1ccccc1. The summed E-state index contributed by atoms with van der Waals surface area (Å²) in [5.74, 6) is -3.51. The number of hydrogen-bond acceptors (Lipinski definition) is 4. The summed E-state index contributed by atoms with van der Waals surface area (Å²) in [5, 5.41) is 0. The highest BCUT2D eigenvalue weighted by Gasteiger charge is 2.50. The van der Waals surface area contributed by atoms with Crippen molar-refractivity contribution in [2.75, 3.05) is 6.54 Å². The summed E-state index contributed by atoms with van der Waals surface area (Å²) in [6, 6.07) is 10.9. The van der Waals surface area contributed by atoms with Gasteiger partial charge in [0.05, 0.1) is 6.42 Å². The quantitative estimate of drug-likeness (QED) is 0.820. The van der Waals surface area contributed by atoms with Crippen LogP contribution in [0.3, 0.4) is 0 Å². The van der Waals surface area contributed by atoms with Gasteiger partial charge in [-0.1, -0.05) is 30.3 Å².